The van der Waals surface area contributed by atoms with Crippen molar-refractivity contribution in [3.63, 3.8) is 0 Å². The van der Waals surface area contributed by atoms with Crippen molar-refractivity contribution in [2.45, 2.75) is 24.0 Å². The summed E-state index contributed by atoms with van der Waals surface area (Å²) in [5.74, 6) is 0.178. The average molecular weight is 313 g/mol. The van der Waals surface area contributed by atoms with Crippen LogP contribution in [0, 0.1) is 0 Å². The largest absolute Gasteiger partial charge is 0.416 e. The first kappa shape index (κ1) is 14.2. The lowest BCUT2D eigenvalue weighted by molar-refractivity contribution is -0.137. The van der Waals surface area contributed by atoms with Gasteiger partial charge < -0.3 is 5.32 Å². The minimum absolute atomic E-state index is 0.178. The molecule has 0 amide bonds. The predicted octanol–water partition coefficient (Wildman–Crippen LogP) is 4.42. The van der Waals surface area contributed by atoms with E-state index in [9.17, 15) is 13.2 Å². The van der Waals surface area contributed by atoms with Gasteiger partial charge in [-0.15, -0.1) is 11.6 Å². The SMILES string of the molecule is FC(F)(F)c1ccnc(NC2c3ccccc3CC2Cl)c1. The van der Waals surface area contributed by atoms with Crippen molar-refractivity contribution in [2.75, 3.05) is 5.32 Å². The molecule has 0 bridgehead atoms. The van der Waals surface area contributed by atoms with Crippen molar-refractivity contribution in [1.82, 2.24) is 4.98 Å². The number of rotatable bonds is 2. The fourth-order valence-corrected chi connectivity index (χ4v) is 2.92. The van der Waals surface area contributed by atoms with Gasteiger partial charge in [-0.05, 0) is 29.7 Å². The van der Waals surface area contributed by atoms with Crippen LogP contribution < -0.4 is 5.32 Å². The summed E-state index contributed by atoms with van der Waals surface area (Å²) in [5.41, 5.74) is 1.40. The van der Waals surface area contributed by atoms with E-state index in [-0.39, 0.29) is 17.2 Å². The summed E-state index contributed by atoms with van der Waals surface area (Å²) in [6, 6.07) is 9.44. The molecule has 0 saturated carbocycles. The molecular weight excluding hydrogens is 301 g/mol. The number of pyridine rings is 1. The summed E-state index contributed by atoms with van der Waals surface area (Å²) in [7, 11) is 0. The number of nitrogens with one attached hydrogen (secondary N) is 1. The second-order valence-electron chi connectivity index (χ2n) is 4.97. The van der Waals surface area contributed by atoms with Gasteiger partial charge in [0.1, 0.15) is 5.82 Å². The van der Waals surface area contributed by atoms with Gasteiger partial charge in [0.2, 0.25) is 0 Å². The van der Waals surface area contributed by atoms with Gasteiger partial charge in [-0.3, -0.25) is 0 Å². The highest BCUT2D eigenvalue weighted by Crippen LogP contribution is 2.37. The van der Waals surface area contributed by atoms with Crippen LogP contribution in [0.15, 0.2) is 42.6 Å². The lowest BCUT2D eigenvalue weighted by Crippen LogP contribution is -2.18. The van der Waals surface area contributed by atoms with Crippen LogP contribution in [0.1, 0.15) is 22.7 Å². The first-order valence-corrected chi connectivity index (χ1v) is 6.90. The summed E-state index contributed by atoms with van der Waals surface area (Å²) in [6.45, 7) is 0. The molecule has 1 heterocycles. The molecular formula is C15H12ClF3N2. The van der Waals surface area contributed by atoms with E-state index in [1.165, 1.54) is 0 Å². The summed E-state index contributed by atoms with van der Waals surface area (Å²) < 4.78 is 38.1. The second-order valence-corrected chi connectivity index (χ2v) is 5.53. The third kappa shape index (κ3) is 2.83. The molecule has 1 N–H and O–H groups in total. The van der Waals surface area contributed by atoms with Crippen LogP contribution in [0.3, 0.4) is 0 Å². The molecule has 2 unspecified atom stereocenters. The number of nitrogens with zero attached hydrogens (tertiary/aromatic N) is 1. The summed E-state index contributed by atoms with van der Waals surface area (Å²) in [4.78, 5) is 3.95. The topological polar surface area (TPSA) is 24.9 Å². The molecule has 0 spiro atoms. The molecule has 0 radical (unpaired) electrons. The number of aromatic nitrogens is 1. The maximum Gasteiger partial charge on any atom is 0.416 e. The molecule has 1 aliphatic carbocycles. The molecule has 3 rings (SSSR count). The second kappa shape index (κ2) is 5.22. The van der Waals surface area contributed by atoms with Crippen LogP contribution in [0.2, 0.25) is 0 Å². The molecule has 0 saturated heterocycles. The van der Waals surface area contributed by atoms with Crippen molar-refractivity contribution >= 4 is 17.4 Å². The summed E-state index contributed by atoms with van der Waals surface area (Å²) in [5, 5.41) is 2.81. The first-order chi connectivity index (χ1) is 9.95. The van der Waals surface area contributed by atoms with E-state index in [4.69, 9.17) is 11.6 Å². The lowest BCUT2D eigenvalue weighted by atomic mass is 10.1. The van der Waals surface area contributed by atoms with Crippen molar-refractivity contribution in [3.8, 4) is 0 Å². The van der Waals surface area contributed by atoms with Crippen LogP contribution in [0.5, 0.6) is 0 Å². The summed E-state index contributed by atoms with van der Waals surface area (Å²) >= 11 is 6.31. The molecule has 2 nitrogen and oxygen atoms in total. The van der Waals surface area contributed by atoms with E-state index < -0.39 is 11.7 Å². The van der Waals surface area contributed by atoms with Gasteiger partial charge in [0.15, 0.2) is 0 Å². The number of alkyl halides is 4. The predicted molar refractivity (Wildman–Crippen MR) is 75.4 cm³/mol. The number of halogens is 4. The Morgan fingerprint density at radius 2 is 1.95 bits per heavy atom. The number of fused-ring (bicyclic) bond motifs is 1. The van der Waals surface area contributed by atoms with Crippen molar-refractivity contribution < 1.29 is 13.2 Å². The van der Waals surface area contributed by atoms with E-state index >= 15 is 0 Å². The number of benzene rings is 1. The third-order valence-corrected chi connectivity index (χ3v) is 3.96. The Morgan fingerprint density at radius 1 is 1.19 bits per heavy atom. The van der Waals surface area contributed by atoms with Crippen LogP contribution >= 0.6 is 11.6 Å². The van der Waals surface area contributed by atoms with Gasteiger partial charge in [-0.1, -0.05) is 24.3 Å². The van der Waals surface area contributed by atoms with E-state index in [1.54, 1.807) is 0 Å². The Hall–Kier alpha value is -1.75. The Kier molecular flexibility index (Phi) is 3.53. The number of anilines is 1. The Morgan fingerprint density at radius 3 is 2.71 bits per heavy atom. The zero-order valence-electron chi connectivity index (χ0n) is 10.9. The third-order valence-electron chi connectivity index (χ3n) is 3.56. The maximum absolute atomic E-state index is 12.7. The normalized spacial score (nSPS) is 21.1. The molecule has 0 fully saturated rings. The van der Waals surface area contributed by atoms with Crippen LogP contribution in [-0.2, 0) is 12.6 Å². The molecule has 1 aliphatic rings. The quantitative estimate of drug-likeness (QED) is 0.830. The highest BCUT2D eigenvalue weighted by atomic mass is 35.5. The first-order valence-electron chi connectivity index (χ1n) is 6.47. The van der Waals surface area contributed by atoms with Gasteiger partial charge in [0, 0.05) is 6.20 Å². The molecule has 1 aromatic heterocycles. The minimum atomic E-state index is -4.38. The highest BCUT2D eigenvalue weighted by molar-refractivity contribution is 6.21. The minimum Gasteiger partial charge on any atom is -0.362 e. The molecule has 2 aromatic rings. The molecule has 2 atom stereocenters. The van der Waals surface area contributed by atoms with Crippen molar-refractivity contribution in [3.05, 3.63) is 59.3 Å². The van der Waals surface area contributed by atoms with Gasteiger partial charge in [-0.25, -0.2) is 4.98 Å². The molecule has 1 aromatic carbocycles. The van der Waals surface area contributed by atoms with Crippen LogP contribution in [-0.4, -0.2) is 10.4 Å². The average Bonchev–Trinajstić information content (AvgIpc) is 2.75. The standard InChI is InChI=1S/C15H12ClF3N2/c16-12-7-9-3-1-2-4-11(9)14(12)21-13-8-10(5-6-20-13)15(17,18)19/h1-6,8,12,14H,7H2,(H,20,21). The lowest BCUT2D eigenvalue weighted by Gasteiger charge is -2.18. The molecule has 21 heavy (non-hydrogen) atoms. The number of hydrogen-bond donors (Lipinski definition) is 1. The fraction of sp³-hybridized carbons (Fsp3) is 0.267. The smallest absolute Gasteiger partial charge is 0.362 e. The Balaban J connectivity index is 1.88. The van der Waals surface area contributed by atoms with Crippen molar-refractivity contribution in [2.24, 2.45) is 0 Å². The van der Waals surface area contributed by atoms with Gasteiger partial charge >= 0.3 is 6.18 Å². The zero-order valence-corrected chi connectivity index (χ0v) is 11.6. The maximum atomic E-state index is 12.7. The summed E-state index contributed by atoms with van der Waals surface area (Å²) in [6.07, 6.45) is -2.54. The highest BCUT2D eigenvalue weighted by Gasteiger charge is 2.33. The van der Waals surface area contributed by atoms with Gasteiger partial charge in [0.25, 0.3) is 0 Å². The van der Waals surface area contributed by atoms with Crippen LogP contribution in [0.4, 0.5) is 19.0 Å². The number of hydrogen-bond acceptors (Lipinski definition) is 2. The molecule has 6 heteroatoms. The Labute approximate surface area is 125 Å². The Bertz CT molecular complexity index is 657. The van der Waals surface area contributed by atoms with Gasteiger partial charge in [-0.2, -0.15) is 13.2 Å². The van der Waals surface area contributed by atoms with E-state index in [0.29, 0.717) is 6.42 Å². The van der Waals surface area contributed by atoms with Crippen LogP contribution in [0.25, 0.3) is 0 Å². The monoisotopic (exact) mass is 312 g/mol. The zero-order chi connectivity index (χ0) is 15.0. The fourth-order valence-electron chi connectivity index (χ4n) is 2.56. The van der Waals surface area contributed by atoms with Gasteiger partial charge in [0.05, 0.1) is 17.0 Å². The molecule has 110 valence electrons. The van der Waals surface area contributed by atoms with E-state index in [0.717, 1.165) is 29.5 Å². The van der Waals surface area contributed by atoms with E-state index in [1.807, 2.05) is 24.3 Å². The van der Waals surface area contributed by atoms with E-state index in [2.05, 4.69) is 10.3 Å². The molecule has 0 aliphatic heterocycles. The van der Waals surface area contributed by atoms with Crippen molar-refractivity contribution in [1.29, 1.82) is 0 Å².